The fourth-order valence-electron chi connectivity index (χ4n) is 5.09. The van der Waals surface area contributed by atoms with Crippen molar-refractivity contribution in [1.29, 1.82) is 0 Å². The highest BCUT2D eigenvalue weighted by Gasteiger charge is 2.25. The van der Waals surface area contributed by atoms with Gasteiger partial charge in [0, 0.05) is 37.1 Å². The Morgan fingerprint density at radius 1 is 1.12 bits per heavy atom. The molecular weight excluding hydrogens is 532 g/mol. The summed E-state index contributed by atoms with van der Waals surface area (Å²) in [5, 5.41) is 7.89. The summed E-state index contributed by atoms with van der Waals surface area (Å²) in [6.07, 6.45) is 3.46. The number of hydrogen-bond donors (Lipinski definition) is 3. The summed E-state index contributed by atoms with van der Waals surface area (Å²) in [4.78, 5) is 34.7. The summed E-state index contributed by atoms with van der Waals surface area (Å²) in [6, 6.07) is 10.5. The Bertz CT molecular complexity index is 1830. The molecule has 0 unspecified atom stereocenters. The number of carbonyl (C=O) groups is 2. The molecule has 1 aliphatic rings. The highest BCUT2D eigenvalue weighted by atomic mass is 19.1. The molecule has 4 N–H and O–H groups in total. The van der Waals surface area contributed by atoms with Crippen LogP contribution in [0.5, 0.6) is 11.6 Å². The molecule has 0 radical (unpaired) electrons. The number of nitrogens with one attached hydrogen (secondary N) is 2. The Morgan fingerprint density at radius 2 is 1.90 bits per heavy atom. The van der Waals surface area contributed by atoms with Crippen molar-refractivity contribution in [3.8, 4) is 17.3 Å². The van der Waals surface area contributed by atoms with Gasteiger partial charge in [0.1, 0.15) is 5.82 Å². The zero-order valence-electron chi connectivity index (χ0n) is 22.2. The number of nitrogens with two attached hydrogens (primary N) is 1. The van der Waals surface area contributed by atoms with Crippen LogP contribution in [-0.2, 0) is 13.0 Å². The fraction of sp³-hybridized carbons (Fsp3) is 0.172. The smallest absolute Gasteiger partial charge is 0.317 e. The number of hydrogen-bond acceptors (Lipinski definition) is 6. The van der Waals surface area contributed by atoms with Crippen molar-refractivity contribution in [2.75, 3.05) is 19.3 Å². The number of nitrogens with zero attached hydrogens (tertiary/aromatic N) is 4. The second kappa shape index (κ2) is 10.0. The Balaban J connectivity index is 1.27. The SMILES string of the molecule is CNC(=O)N1CCc2c(ccc3[nH]c(C(=O)c4cnn(-c5cnc(Oc6c(F)cccc6F)cc5C)c4N)cc23)C1. The molecule has 0 saturated carbocycles. The maximum absolute atomic E-state index is 14.0. The Labute approximate surface area is 232 Å². The van der Waals surface area contributed by atoms with Crippen LogP contribution in [0, 0.1) is 18.6 Å². The molecule has 2 aromatic carbocycles. The Kier molecular flexibility index (Phi) is 6.37. The molecule has 6 rings (SSSR count). The number of urea groups is 1. The molecule has 0 saturated heterocycles. The topological polar surface area (TPSA) is 131 Å². The number of H-pyrrole nitrogens is 1. The summed E-state index contributed by atoms with van der Waals surface area (Å²) in [5.41, 5.74) is 10.9. The number of ketones is 1. The fourth-order valence-corrected chi connectivity index (χ4v) is 5.09. The molecule has 1 aliphatic heterocycles. The van der Waals surface area contributed by atoms with Gasteiger partial charge in [-0.15, -0.1) is 0 Å². The predicted octanol–water partition coefficient (Wildman–Crippen LogP) is 4.64. The summed E-state index contributed by atoms with van der Waals surface area (Å²) < 4.78 is 34.7. The zero-order chi connectivity index (χ0) is 28.8. The van der Waals surface area contributed by atoms with Gasteiger partial charge in [-0.2, -0.15) is 5.10 Å². The van der Waals surface area contributed by atoms with Crippen LogP contribution < -0.4 is 15.8 Å². The number of para-hydroxylation sites is 1. The molecule has 4 heterocycles. The molecule has 208 valence electrons. The third kappa shape index (κ3) is 4.52. The zero-order valence-corrected chi connectivity index (χ0v) is 22.2. The van der Waals surface area contributed by atoms with Crippen LogP contribution in [0.15, 0.2) is 54.9 Å². The molecule has 2 amide bonds. The molecule has 0 fully saturated rings. The lowest BCUT2D eigenvalue weighted by Gasteiger charge is -2.28. The van der Waals surface area contributed by atoms with Crippen molar-refractivity contribution in [3.63, 3.8) is 0 Å². The van der Waals surface area contributed by atoms with E-state index in [2.05, 4.69) is 20.4 Å². The first-order chi connectivity index (χ1) is 19.7. The number of aromatic amines is 1. The van der Waals surface area contributed by atoms with Crippen LogP contribution in [-0.4, -0.2) is 50.1 Å². The maximum atomic E-state index is 14.0. The van der Waals surface area contributed by atoms with E-state index < -0.39 is 17.4 Å². The molecule has 0 atom stereocenters. The van der Waals surface area contributed by atoms with Gasteiger partial charge in [-0.25, -0.2) is 23.2 Å². The number of amides is 2. The number of nitrogen functional groups attached to an aromatic ring is 1. The van der Waals surface area contributed by atoms with E-state index in [1.807, 2.05) is 18.2 Å². The highest BCUT2D eigenvalue weighted by Crippen LogP contribution is 2.31. The average molecular weight is 558 g/mol. The summed E-state index contributed by atoms with van der Waals surface area (Å²) in [7, 11) is 1.61. The molecule has 41 heavy (non-hydrogen) atoms. The van der Waals surface area contributed by atoms with Crippen LogP contribution in [0.25, 0.3) is 16.6 Å². The molecule has 5 aromatic rings. The van der Waals surface area contributed by atoms with Gasteiger partial charge in [-0.3, -0.25) is 4.79 Å². The number of anilines is 1. The van der Waals surface area contributed by atoms with Crippen molar-refractivity contribution >= 4 is 28.5 Å². The van der Waals surface area contributed by atoms with Crippen LogP contribution in [0.3, 0.4) is 0 Å². The number of carbonyl (C=O) groups excluding carboxylic acids is 2. The second-order valence-electron chi connectivity index (χ2n) is 9.72. The van der Waals surface area contributed by atoms with Crippen LogP contribution in [0.2, 0.25) is 0 Å². The first-order valence-electron chi connectivity index (χ1n) is 12.8. The maximum Gasteiger partial charge on any atom is 0.317 e. The average Bonchev–Trinajstić information content (AvgIpc) is 3.58. The van der Waals surface area contributed by atoms with Gasteiger partial charge in [0.15, 0.2) is 11.6 Å². The van der Waals surface area contributed by atoms with E-state index in [1.54, 1.807) is 18.9 Å². The quantitative estimate of drug-likeness (QED) is 0.270. The Morgan fingerprint density at radius 3 is 2.63 bits per heavy atom. The van der Waals surface area contributed by atoms with Gasteiger partial charge < -0.3 is 25.7 Å². The van der Waals surface area contributed by atoms with Gasteiger partial charge in [0.25, 0.3) is 0 Å². The number of aromatic nitrogens is 4. The van der Waals surface area contributed by atoms with E-state index in [1.165, 1.54) is 29.2 Å². The molecular formula is C29H25F2N7O3. The number of halogens is 2. The van der Waals surface area contributed by atoms with Crippen molar-refractivity contribution in [1.82, 2.24) is 30.0 Å². The normalized spacial score (nSPS) is 12.8. The van der Waals surface area contributed by atoms with E-state index >= 15 is 0 Å². The predicted molar refractivity (Wildman–Crippen MR) is 147 cm³/mol. The number of fused-ring (bicyclic) bond motifs is 3. The first-order valence-corrected chi connectivity index (χ1v) is 12.8. The summed E-state index contributed by atoms with van der Waals surface area (Å²) in [5.74, 6) is -2.50. The molecule has 0 aliphatic carbocycles. The number of aryl methyl sites for hydroxylation is 1. The molecule has 10 nitrogen and oxygen atoms in total. The van der Waals surface area contributed by atoms with Crippen LogP contribution in [0.1, 0.15) is 32.7 Å². The minimum absolute atomic E-state index is 0.0165. The molecule has 0 bridgehead atoms. The lowest BCUT2D eigenvalue weighted by atomic mass is 9.96. The molecule has 3 aromatic heterocycles. The van der Waals surface area contributed by atoms with Crippen molar-refractivity contribution in [3.05, 3.63) is 94.4 Å². The summed E-state index contributed by atoms with van der Waals surface area (Å²) >= 11 is 0. The molecule has 0 spiro atoms. The van der Waals surface area contributed by atoms with Crippen molar-refractivity contribution in [2.24, 2.45) is 0 Å². The van der Waals surface area contributed by atoms with Gasteiger partial charge in [0.05, 0.1) is 29.3 Å². The largest absolute Gasteiger partial charge is 0.433 e. The third-order valence-electron chi connectivity index (χ3n) is 7.21. The minimum Gasteiger partial charge on any atom is -0.433 e. The van der Waals surface area contributed by atoms with Crippen molar-refractivity contribution in [2.45, 2.75) is 19.9 Å². The number of rotatable bonds is 5. The van der Waals surface area contributed by atoms with Gasteiger partial charge >= 0.3 is 6.03 Å². The van der Waals surface area contributed by atoms with Crippen LogP contribution >= 0.6 is 0 Å². The second-order valence-corrected chi connectivity index (χ2v) is 9.72. The lowest BCUT2D eigenvalue weighted by Crippen LogP contribution is -2.41. The van der Waals surface area contributed by atoms with Gasteiger partial charge in [-0.05, 0) is 54.3 Å². The van der Waals surface area contributed by atoms with Crippen molar-refractivity contribution < 1.29 is 23.1 Å². The minimum atomic E-state index is -0.851. The highest BCUT2D eigenvalue weighted by molar-refractivity contribution is 6.12. The number of pyridine rings is 1. The summed E-state index contributed by atoms with van der Waals surface area (Å²) in [6.45, 7) is 2.80. The first kappa shape index (κ1) is 26.0. The number of ether oxygens (including phenoxy) is 1. The van der Waals surface area contributed by atoms with Crippen LogP contribution in [0.4, 0.5) is 19.4 Å². The van der Waals surface area contributed by atoms with E-state index in [0.717, 1.165) is 34.2 Å². The standard InChI is InChI=1S/C29H25F2N7O3/c1-15-10-25(41-27-20(30)4-3-5-21(27)31)34-13-24(15)38-28(32)19(12-35-38)26(39)23-11-18-17-8-9-37(29(40)33-2)14-16(17)6-7-22(18)36-23/h3-7,10-13,36H,8-9,14,32H2,1-2H3,(H,33,40). The van der Waals surface area contributed by atoms with E-state index in [4.69, 9.17) is 10.5 Å². The van der Waals surface area contributed by atoms with E-state index in [9.17, 15) is 18.4 Å². The lowest BCUT2D eigenvalue weighted by molar-refractivity contribution is 0.103. The number of benzene rings is 2. The third-order valence-corrected chi connectivity index (χ3v) is 7.21. The van der Waals surface area contributed by atoms with Gasteiger partial charge in [-0.1, -0.05) is 12.1 Å². The monoisotopic (exact) mass is 557 g/mol. The van der Waals surface area contributed by atoms with E-state index in [0.29, 0.717) is 36.5 Å². The molecule has 12 heteroatoms. The Hall–Kier alpha value is -5.26. The van der Waals surface area contributed by atoms with E-state index in [-0.39, 0.29) is 29.1 Å². The van der Waals surface area contributed by atoms with Gasteiger partial charge in [0.2, 0.25) is 17.4 Å².